The molecule has 0 unspecified atom stereocenters. The maximum atomic E-state index is 5.55. The highest BCUT2D eigenvalue weighted by Gasteiger charge is 2.08. The van der Waals surface area contributed by atoms with Gasteiger partial charge in [0.15, 0.2) is 11.6 Å². The molecule has 3 aromatic rings. The van der Waals surface area contributed by atoms with Gasteiger partial charge in [-0.25, -0.2) is 15.8 Å². The zero-order chi connectivity index (χ0) is 13.9. The molecule has 2 aromatic carbocycles. The molecule has 100 valence electrons. The summed E-state index contributed by atoms with van der Waals surface area (Å²) in [5.41, 5.74) is 4.35. The number of anilines is 1. The summed E-state index contributed by atoms with van der Waals surface area (Å²) in [5.74, 6) is 7.53. The predicted octanol–water partition coefficient (Wildman–Crippen LogP) is 2.59. The van der Waals surface area contributed by atoms with Gasteiger partial charge in [0.25, 0.3) is 0 Å². The Morgan fingerprint density at radius 1 is 1.05 bits per heavy atom. The average molecular weight is 266 g/mol. The molecule has 5 nitrogen and oxygen atoms in total. The Labute approximate surface area is 116 Å². The van der Waals surface area contributed by atoms with Crippen LogP contribution in [0.15, 0.2) is 48.5 Å². The second kappa shape index (κ2) is 5.14. The molecule has 3 rings (SSSR count). The van der Waals surface area contributed by atoms with Crippen molar-refractivity contribution in [2.45, 2.75) is 0 Å². The van der Waals surface area contributed by atoms with Gasteiger partial charge in [-0.05, 0) is 24.3 Å². The summed E-state index contributed by atoms with van der Waals surface area (Å²) < 4.78 is 5.22. The van der Waals surface area contributed by atoms with Crippen LogP contribution in [0.25, 0.3) is 22.3 Å². The Morgan fingerprint density at radius 2 is 1.90 bits per heavy atom. The fourth-order valence-electron chi connectivity index (χ4n) is 2.08. The van der Waals surface area contributed by atoms with Crippen LogP contribution in [-0.4, -0.2) is 17.1 Å². The van der Waals surface area contributed by atoms with Crippen molar-refractivity contribution in [1.82, 2.24) is 9.97 Å². The zero-order valence-corrected chi connectivity index (χ0v) is 11.0. The molecule has 0 fully saturated rings. The first-order valence-corrected chi connectivity index (χ1v) is 6.19. The summed E-state index contributed by atoms with van der Waals surface area (Å²) in [7, 11) is 1.63. The number of aromatic nitrogens is 2. The normalized spacial score (nSPS) is 10.5. The van der Waals surface area contributed by atoms with E-state index in [1.54, 1.807) is 7.11 Å². The number of nitrogens with two attached hydrogens (primary N) is 1. The second-order valence-electron chi connectivity index (χ2n) is 4.29. The van der Waals surface area contributed by atoms with E-state index in [0.717, 1.165) is 22.2 Å². The van der Waals surface area contributed by atoms with Crippen LogP contribution in [0.5, 0.6) is 5.75 Å². The fraction of sp³-hybridized carbons (Fsp3) is 0.0667. The van der Waals surface area contributed by atoms with Gasteiger partial charge in [-0.15, -0.1) is 0 Å². The van der Waals surface area contributed by atoms with E-state index in [4.69, 9.17) is 10.6 Å². The van der Waals surface area contributed by atoms with Gasteiger partial charge in [-0.3, -0.25) is 0 Å². The molecule has 5 heteroatoms. The Morgan fingerprint density at radius 3 is 2.70 bits per heavy atom. The lowest BCUT2D eigenvalue weighted by Crippen LogP contribution is -2.10. The number of hydrogen-bond donors (Lipinski definition) is 2. The first-order valence-electron chi connectivity index (χ1n) is 6.19. The second-order valence-corrected chi connectivity index (χ2v) is 4.29. The van der Waals surface area contributed by atoms with Crippen LogP contribution in [0, 0.1) is 0 Å². The number of benzene rings is 2. The molecule has 3 N–H and O–H groups in total. The van der Waals surface area contributed by atoms with Crippen molar-refractivity contribution in [1.29, 1.82) is 0 Å². The van der Waals surface area contributed by atoms with E-state index < -0.39 is 0 Å². The van der Waals surface area contributed by atoms with Crippen LogP contribution in [0.4, 0.5) is 5.82 Å². The molecule has 0 saturated carbocycles. The van der Waals surface area contributed by atoms with Gasteiger partial charge in [-0.1, -0.05) is 24.3 Å². The lowest BCUT2D eigenvalue weighted by Gasteiger charge is -2.08. The molecule has 0 radical (unpaired) electrons. The molecule has 0 atom stereocenters. The highest BCUT2D eigenvalue weighted by Crippen LogP contribution is 2.26. The quantitative estimate of drug-likeness (QED) is 0.563. The van der Waals surface area contributed by atoms with E-state index in [0.29, 0.717) is 11.6 Å². The van der Waals surface area contributed by atoms with Gasteiger partial charge in [-0.2, -0.15) is 0 Å². The van der Waals surface area contributed by atoms with Crippen molar-refractivity contribution in [2.24, 2.45) is 5.84 Å². The summed E-state index contributed by atoms with van der Waals surface area (Å²) in [4.78, 5) is 9.03. The largest absolute Gasteiger partial charge is 0.497 e. The van der Waals surface area contributed by atoms with Crippen LogP contribution in [-0.2, 0) is 0 Å². The monoisotopic (exact) mass is 266 g/mol. The van der Waals surface area contributed by atoms with E-state index in [-0.39, 0.29) is 0 Å². The number of nitrogens with one attached hydrogen (secondary N) is 1. The van der Waals surface area contributed by atoms with Crippen LogP contribution in [0.3, 0.4) is 0 Å². The Bertz CT molecular complexity index is 758. The highest BCUT2D eigenvalue weighted by atomic mass is 16.5. The average Bonchev–Trinajstić information content (AvgIpc) is 2.53. The summed E-state index contributed by atoms with van der Waals surface area (Å²) in [6, 6.07) is 15.3. The molecule has 0 bridgehead atoms. The smallest absolute Gasteiger partial charge is 0.162 e. The minimum absolute atomic E-state index is 0.605. The third-order valence-electron chi connectivity index (χ3n) is 3.07. The fourth-order valence-corrected chi connectivity index (χ4v) is 2.08. The minimum atomic E-state index is 0.605. The van der Waals surface area contributed by atoms with E-state index in [9.17, 15) is 0 Å². The topological polar surface area (TPSA) is 73.1 Å². The lowest BCUT2D eigenvalue weighted by molar-refractivity contribution is 0.415. The van der Waals surface area contributed by atoms with E-state index in [1.165, 1.54) is 0 Å². The number of hydrazine groups is 1. The van der Waals surface area contributed by atoms with Gasteiger partial charge >= 0.3 is 0 Å². The molecule has 0 aliphatic rings. The lowest BCUT2D eigenvalue weighted by atomic mass is 10.1. The number of para-hydroxylation sites is 1. The Kier molecular flexibility index (Phi) is 3.18. The number of rotatable bonds is 3. The van der Waals surface area contributed by atoms with Crippen molar-refractivity contribution in [3.63, 3.8) is 0 Å². The predicted molar refractivity (Wildman–Crippen MR) is 79.3 cm³/mol. The summed E-state index contributed by atoms with van der Waals surface area (Å²) in [5, 5.41) is 0.890. The molecule has 20 heavy (non-hydrogen) atoms. The van der Waals surface area contributed by atoms with Crippen molar-refractivity contribution >= 4 is 16.7 Å². The molecular formula is C15H14N4O. The summed E-state index contributed by atoms with van der Waals surface area (Å²) in [6.45, 7) is 0. The Balaban J connectivity index is 2.20. The number of fused-ring (bicyclic) bond motifs is 1. The zero-order valence-electron chi connectivity index (χ0n) is 11.0. The maximum Gasteiger partial charge on any atom is 0.162 e. The maximum absolute atomic E-state index is 5.55. The van der Waals surface area contributed by atoms with Gasteiger partial charge in [0.1, 0.15) is 5.75 Å². The molecule has 0 amide bonds. The van der Waals surface area contributed by atoms with Crippen LogP contribution in [0.1, 0.15) is 0 Å². The molecule has 0 aliphatic heterocycles. The number of hydrogen-bond acceptors (Lipinski definition) is 5. The van der Waals surface area contributed by atoms with Crippen molar-refractivity contribution < 1.29 is 4.74 Å². The van der Waals surface area contributed by atoms with Crippen molar-refractivity contribution in [3.05, 3.63) is 48.5 Å². The van der Waals surface area contributed by atoms with Crippen molar-refractivity contribution in [2.75, 3.05) is 12.5 Å². The SMILES string of the molecule is COc1cccc(-c2nc(NN)c3ccccc3n2)c1. The summed E-state index contributed by atoms with van der Waals surface area (Å²) in [6.07, 6.45) is 0. The van der Waals surface area contributed by atoms with Gasteiger partial charge < -0.3 is 10.2 Å². The van der Waals surface area contributed by atoms with Gasteiger partial charge in [0.2, 0.25) is 0 Å². The standard InChI is InChI=1S/C15H14N4O/c1-20-11-6-4-5-10(9-11)14-17-13-8-3-2-7-12(13)15(18-14)19-16/h2-9H,16H2,1H3,(H,17,18,19). The number of nitrogens with zero attached hydrogens (tertiary/aromatic N) is 2. The van der Waals surface area contributed by atoms with Crippen LogP contribution >= 0.6 is 0 Å². The molecular weight excluding hydrogens is 252 g/mol. The molecule has 1 aromatic heterocycles. The molecule has 0 saturated heterocycles. The number of methoxy groups -OCH3 is 1. The first kappa shape index (κ1) is 12.4. The van der Waals surface area contributed by atoms with Crippen LogP contribution in [0.2, 0.25) is 0 Å². The summed E-state index contributed by atoms with van der Waals surface area (Å²) >= 11 is 0. The molecule has 0 aliphatic carbocycles. The van der Waals surface area contributed by atoms with E-state index in [2.05, 4.69) is 15.4 Å². The van der Waals surface area contributed by atoms with Gasteiger partial charge in [0.05, 0.1) is 12.6 Å². The number of nitrogen functional groups attached to an aromatic ring is 1. The van der Waals surface area contributed by atoms with E-state index in [1.807, 2.05) is 48.5 Å². The minimum Gasteiger partial charge on any atom is -0.497 e. The number of ether oxygens (including phenoxy) is 1. The first-order chi connectivity index (χ1) is 9.81. The third kappa shape index (κ3) is 2.15. The molecule has 1 heterocycles. The Hall–Kier alpha value is -2.66. The van der Waals surface area contributed by atoms with E-state index >= 15 is 0 Å². The third-order valence-corrected chi connectivity index (χ3v) is 3.07. The van der Waals surface area contributed by atoms with Gasteiger partial charge in [0, 0.05) is 10.9 Å². The van der Waals surface area contributed by atoms with Crippen molar-refractivity contribution in [3.8, 4) is 17.1 Å². The van der Waals surface area contributed by atoms with Crippen LogP contribution < -0.4 is 16.0 Å². The highest BCUT2D eigenvalue weighted by molar-refractivity contribution is 5.90. The molecule has 0 spiro atoms.